The first-order chi connectivity index (χ1) is 30.8. The molecule has 2 heteroatoms. The van der Waals surface area contributed by atoms with E-state index in [0.717, 1.165) is 5.69 Å². The van der Waals surface area contributed by atoms with Crippen LogP contribution < -0.4 is 0 Å². The molecular formula is C60H40N2. The van der Waals surface area contributed by atoms with E-state index < -0.39 is 0 Å². The van der Waals surface area contributed by atoms with Crippen LogP contribution in [-0.2, 0) is 0 Å². The molecule has 62 heavy (non-hydrogen) atoms. The first kappa shape index (κ1) is 35.7. The van der Waals surface area contributed by atoms with E-state index in [9.17, 15) is 0 Å². The van der Waals surface area contributed by atoms with Crippen LogP contribution in [0.2, 0.25) is 0 Å². The predicted octanol–water partition coefficient (Wildman–Crippen LogP) is 16.2. The molecule has 0 N–H and O–H groups in total. The molecule has 0 fully saturated rings. The Balaban J connectivity index is 0.985. The fraction of sp³-hybridized carbons (Fsp3) is 0. The highest BCUT2D eigenvalue weighted by Gasteiger charge is 2.18. The minimum absolute atomic E-state index is 1.15. The zero-order valence-electron chi connectivity index (χ0n) is 34.0. The summed E-state index contributed by atoms with van der Waals surface area (Å²) in [5.41, 5.74) is 19.2. The molecule has 12 aromatic rings. The molecule has 10 aromatic carbocycles. The van der Waals surface area contributed by atoms with Crippen LogP contribution in [0.4, 0.5) is 0 Å². The van der Waals surface area contributed by atoms with Gasteiger partial charge >= 0.3 is 0 Å². The zero-order valence-corrected chi connectivity index (χ0v) is 34.0. The maximum atomic E-state index is 2.40. The molecule has 0 spiro atoms. The first-order valence-electron chi connectivity index (χ1n) is 21.3. The molecule has 0 aliphatic rings. The van der Waals surface area contributed by atoms with E-state index in [4.69, 9.17) is 0 Å². The van der Waals surface area contributed by atoms with Crippen molar-refractivity contribution < 1.29 is 0 Å². The van der Waals surface area contributed by atoms with Crippen molar-refractivity contribution in [2.24, 2.45) is 0 Å². The molecule has 0 unspecified atom stereocenters. The van der Waals surface area contributed by atoms with Crippen LogP contribution in [0.5, 0.6) is 0 Å². The van der Waals surface area contributed by atoms with Crippen molar-refractivity contribution >= 4 is 43.6 Å². The van der Waals surface area contributed by atoms with Crippen molar-refractivity contribution in [2.75, 3.05) is 0 Å². The molecule has 0 saturated heterocycles. The van der Waals surface area contributed by atoms with Crippen LogP contribution in [0.1, 0.15) is 0 Å². The van der Waals surface area contributed by atoms with Gasteiger partial charge in [-0.3, -0.25) is 0 Å². The summed E-state index contributed by atoms with van der Waals surface area (Å²) in [4.78, 5) is 0. The summed E-state index contributed by atoms with van der Waals surface area (Å²) >= 11 is 0. The number of fused-ring (bicyclic) bond motifs is 6. The zero-order chi connectivity index (χ0) is 41.0. The molecule has 0 radical (unpaired) electrons. The van der Waals surface area contributed by atoms with Crippen molar-refractivity contribution in [3.8, 4) is 67.0 Å². The SMILES string of the molecule is c1ccc(-c2ccccc2-c2ccc3c(c2)c2cc(-c4cccc(-c5ccccc5-c5ccc6c(c5)c5ccccc5n6-c5ccccc5)c4)ccc2n3-c2ccccc2)cc1. The first-order valence-corrected chi connectivity index (χ1v) is 21.3. The van der Waals surface area contributed by atoms with Gasteiger partial charge in [0.1, 0.15) is 0 Å². The molecule has 0 amide bonds. The lowest BCUT2D eigenvalue weighted by atomic mass is 9.91. The quantitative estimate of drug-likeness (QED) is 0.152. The molecule has 0 bridgehead atoms. The van der Waals surface area contributed by atoms with Gasteiger partial charge in [0, 0.05) is 32.9 Å². The van der Waals surface area contributed by atoms with Gasteiger partial charge in [0.15, 0.2) is 0 Å². The van der Waals surface area contributed by atoms with E-state index in [2.05, 4.69) is 252 Å². The third kappa shape index (κ3) is 5.96. The number of para-hydroxylation sites is 3. The highest BCUT2D eigenvalue weighted by atomic mass is 15.0. The van der Waals surface area contributed by atoms with Crippen molar-refractivity contribution in [3.05, 3.63) is 243 Å². The largest absolute Gasteiger partial charge is 0.309 e. The van der Waals surface area contributed by atoms with Gasteiger partial charge in [-0.2, -0.15) is 0 Å². The van der Waals surface area contributed by atoms with E-state index >= 15 is 0 Å². The summed E-state index contributed by atoms with van der Waals surface area (Å²) in [6.07, 6.45) is 0. The Kier molecular flexibility index (Phi) is 8.53. The molecule has 12 rings (SSSR count). The van der Waals surface area contributed by atoms with Gasteiger partial charge in [-0.05, 0) is 128 Å². The lowest BCUT2D eigenvalue weighted by molar-refractivity contribution is 1.18. The van der Waals surface area contributed by atoms with Crippen LogP contribution in [0.15, 0.2) is 243 Å². The average molecular weight is 789 g/mol. The molecule has 2 heterocycles. The van der Waals surface area contributed by atoms with Gasteiger partial charge in [-0.15, -0.1) is 0 Å². The minimum atomic E-state index is 1.15. The van der Waals surface area contributed by atoms with Crippen molar-refractivity contribution in [1.29, 1.82) is 0 Å². The fourth-order valence-electron chi connectivity index (χ4n) is 9.68. The van der Waals surface area contributed by atoms with Gasteiger partial charge in [0.25, 0.3) is 0 Å². The van der Waals surface area contributed by atoms with Crippen LogP contribution in [-0.4, -0.2) is 9.13 Å². The molecular weight excluding hydrogens is 749 g/mol. The van der Waals surface area contributed by atoms with Gasteiger partial charge in [0.2, 0.25) is 0 Å². The van der Waals surface area contributed by atoms with Crippen LogP contribution in [0, 0.1) is 0 Å². The molecule has 0 saturated carbocycles. The van der Waals surface area contributed by atoms with Gasteiger partial charge in [0.05, 0.1) is 22.1 Å². The van der Waals surface area contributed by atoms with Crippen LogP contribution in [0.3, 0.4) is 0 Å². The summed E-state index contributed by atoms with van der Waals surface area (Å²) < 4.78 is 4.78. The van der Waals surface area contributed by atoms with Gasteiger partial charge < -0.3 is 9.13 Å². The Morgan fingerprint density at radius 3 is 1.08 bits per heavy atom. The van der Waals surface area contributed by atoms with Crippen molar-refractivity contribution in [1.82, 2.24) is 9.13 Å². The molecule has 0 aliphatic heterocycles. The second kappa shape index (κ2) is 14.8. The highest BCUT2D eigenvalue weighted by molar-refractivity contribution is 6.13. The van der Waals surface area contributed by atoms with Gasteiger partial charge in [-0.1, -0.05) is 170 Å². The third-order valence-corrected chi connectivity index (χ3v) is 12.5. The third-order valence-electron chi connectivity index (χ3n) is 12.5. The monoisotopic (exact) mass is 788 g/mol. The summed E-state index contributed by atoms with van der Waals surface area (Å²) in [5, 5.41) is 4.97. The minimum Gasteiger partial charge on any atom is -0.309 e. The van der Waals surface area contributed by atoms with E-state index in [1.807, 2.05) is 0 Å². The molecule has 2 nitrogen and oxygen atoms in total. The molecule has 2 aromatic heterocycles. The highest BCUT2D eigenvalue weighted by Crippen LogP contribution is 2.42. The maximum Gasteiger partial charge on any atom is 0.0541 e. The molecule has 0 aliphatic carbocycles. The average Bonchev–Trinajstić information content (AvgIpc) is 3.86. The standard InChI is InChI=1S/C60H40N2/c1-4-17-41(18-5-1)49-25-10-11-27-51(49)46-33-36-60-56(40-46)55-38-43(31-34-59(55)62(60)48-23-8-3-9-24-48)42-19-16-20-44(37-42)50-26-12-13-28-52(50)45-32-35-58-54(39-45)53-29-14-15-30-57(53)61(58)47-21-6-2-7-22-47/h1-40H. The van der Waals surface area contributed by atoms with Crippen LogP contribution in [0.25, 0.3) is 111 Å². The topological polar surface area (TPSA) is 9.86 Å². The molecule has 290 valence electrons. The van der Waals surface area contributed by atoms with Crippen molar-refractivity contribution in [3.63, 3.8) is 0 Å². The number of aromatic nitrogens is 2. The second-order valence-corrected chi connectivity index (χ2v) is 16.1. The van der Waals surface area contributed by atoms with E-state index in [1.54, 1.807) is 0 Å². The number of benzene rings is 10. The number of nitrogens with zero attached hydrogens (tertiary/aromatic N) is 2. The van der Waals surface area contributed by atoms with Crippen molar-refractivity contribution in [2.45, 2.75) is 0 Å². The smallest absolute Gasteiger partial charge is 0.0541 e. The Hall–Kier alpha value is -8.20. The fourth-order valence-corrected chi connectivity index (χ4v) is 9.68. The predicted molar refractivity (Wildman–Crippen MR) is 262 cm³/mol. The number of hydrogen-bond acceptors (Lipinski definition) is 0. The van der Waals surface area contributed by atoms with E-state index in [1.165, 1.54) is 105 Å². The maximum absolute atomic E-state index is 2.40. The van der Waals surface area contributed by atoms with E-state index in [-0.39, 0.29) is 0 Å². The number of hydrogen-bond donors (Lipinski definition) is 0. The molecule has 0 atom stereocenters. The Bertz CT molecular complexity index is 3610. The normalized spacial score (nSPS) is 11.5. The van der Waals surface area contributed by atoms with E-state index in [0.29, 0.717) is 0 Å². The summed E-state index contributed by atoms with van der Waals surface area (Å²) in [6, 6.07) is 88.4. The lowest BCUT2D eigenvalue weighted by Crippen LogP contribution is -1.93. The van der Waals surface area contributed by atoms with Crippen LogP contribution >= 0.6 is 0 Å². The Labute approximate surface area is 360 Å². The lowest BCUT2D eigenvalue weighted by Gasteiger charge is -2.13. The summed E-state index contributed by atoms with van der Waals surface area (Å²) in [6.45, 7) is 0. The summed E-state index contributed by atoms with van der Waals surface area (Å²) in [5.74, 6) is 0. The summed E-state index contributed by atoms with van der Waals surface area (Å²) in [7, 11) is 0. The van der Waals surface area contributed by atoms with Gasteiger partial charge in [-0.25, -0.2) is 0 Å². The Morgan fingerprint density at radius 2 is 0.532 bits per heavy atom. The Morgan fingerprint density at radius 1 is 0.194 bits per heavy atom. The second-order valence-electron chi connectivity index (χ2n) is 16.1. The number of rotatable bonds is 7.